The molecule has 0 radical (unpaired) electrons. The van der Waals surface area contributed by atoms with Gasteiger partial charge in [0.1, 0.15) is 5.84 Å². The molecule has 1 aliphatic heterocycles. The van der Waals surface area contributed by atoms with Gasteiger partial charge in [0.05, 0.1) is 0 Å². The first-order valence-electron chi connectivity index (χ1n) is 17.1. The molecule has 0 amide bonds. The number of aliphatic imine (C=N–C) groups is 2. The first-order valence-corrected chi connectivity index (χ1v) is 17.1. The van der Waals surface area contributed by atoms with Crippen LogP contribution in [0.5, 0.6) is 0 Å². The summed E-state index contributed by atoms with van der Waals surface area (Å²) in [4.78, 5) is 12.4. The summed E-state index contributed by atoms with van der Waals surface area (Å²) in [5.74, 6) is 7.07. The number of nitrogens with zero attached hydrogens (tertiary/aromatic N) is 2. The number of allylic oxidation sites excluding steroid dienone is 6. The summed E-state index contributed by atoms with van der Waals surface area (Å²) in [5.41, 5.74) is 11.4. The fourth-order valence-corrected chi connectivity index (χ4v) is 6.67. The van der Waals surface area contributed by atoms with E-state index >= 15 is 0 Å². The number of hydrogen-bond donors (Lipinski definition) is 6. The van der Waals surface area contributed by atoms with Crippen molar-refractivity contribution in [2.24, 2.45) is 33.1 Å². The number of hydrazine groups is 1. The average Bonchev–Trinajstić information content (AvgIpc) is 3.37. The van der Waals surface area contributed by atoms with E-state index in [0.717, 1.165) is 55.3 Å². The van der Waals surface area contributed by atoms with Gasteiger partial charge in [-0.3, -0.25) is 15.8 Å². The molecule has 2 unspecified atom stereocenters. The molecule has 1 fully saturated rings. The standard InChI is InChI=1S/C38H60N8/c1-8-15-38(16-20-41-21-17-38)18-22-42-31(5)24-35-25-33(32(6)45-35)12-11-28(2)26-43-37(10-9-19-40-7)46-34-13-14-36(29(3)23-34)30(4)27-44-39/h9,11-14,19,25,27-29,41-42,44-45H,5,7-8,10,15-18,20-24,26,39H2,1-4,6H3,(H,43,46)/b12-11-,19-9-,30-27+. The lowest BCUT2D eigenvalue weighted by atomic mass is 9.73. The van der Waals surface area contributed by atoms with E-state index in [1.54, 1.807) is 6.20 Å². The van der Waals surface area contributed by atoms with Crippen LogP contribution in [-0.4, -0.2) is 43.7 Å². The minimum absolute atomic E-state index is 0.278. The molecule has 46 heavy (non-hydrogen) atoms. The fraction of sp³-hybridized carbons (Fsp3) is 0.526. The Labute approximate surface area is 278 Å². The molecule has 3 rings (SSSR count). The number of aromatic amines is 1. The summed E-state index contributed by atoms with van der Waals surface area (Å²) in [7, 11) is 0. The van der Waals surface area contributed by atoms with Gasteiger partial charge in [-0.1, -0.05) is 58.1 Å². The van der Waals surface area contributed by atoms with Gasteiger partial charge in [0, 0.05) is 61.1 Å². The molecule has 2 aliphatic rings. The molecule has 0 aromatic carbocycles. The van der Waals surface area contributed by atoms with Crippen LogP contribution in [0.3, 0.4) is 0 Å². The largest absolute Gasteiger partial charge is 0.388 e. The van der Waals surface area contributed by atoms with Gasteiger partial charge in [0.2, 0.25) is 0 Å². The van der Waals surface area contributed by atoms with E-state index in [-0.39, 0.29) is 5.92 Å². The van der Waals surface area contributed by atoms with Crippen molar-refractivity contribution in [1.82, 2.24) is 26.4 Å². The summed E-state index contributed by atoms with van der Waals surface area (Å²) in [6.45, 7) is 22.8. The molecule has 1 saturated heterocycles. The second kappa shape index (κ2) is 19.1. The highest BCUT2D eigenvalue weighted by Crippen LogP contribution is 2.37. The third-order valence-electron chi connectivity index (χ3n) is 9.27. The summed E-state index contributed by atoms with van der Waals surface area (Å²) in [6, 6.07) is 2.25. The van der Waals surface area contributed by atoms with Gasteiger partial charge in [0.15, 0.2) is 0 Å². The average molecular weight is 629 g/mol. The summed E-state index contributed by atoms with van der Waals surface area (Å²) >= 11 is 0. The number of rotatable bonds is 18. The fourth-order valence-electron chi connectivity index (χ4n) is 6.67. The van der Waals surface area contributed by atoms with E-state index in [9.17, 15) is 0 Å². The number of hydrogen-bond acceptors (Lipinski definition) is 6. The van der Waals surface area contributed by atoms with Crippen LogP contribution in [0.25, 0.3) is 6.08 Å². The Morgan fingerprint density at radius 3 is 2.72 bits per heavy atom. The van der Waals surface area contributed by atoms with Gasteiger partial charge in [-0.15, -0.1) is 0 Å². The Bertz CT molecular complexity index is 1310. The highest BCUT2D eigenvalue weighted by atomic mass is 15.2. The van der Waals surface area contributed by atoms with E-state index in [1.165, 1.54) is 54.6 Å². The van der Waals surface area contributed by atoms with Crippen molar-refractivity contribution in [3.8, 4) is 0 Å². The lowest BCUT2D eigenvalue weighted by molar-refractivity contribution is 0.167. The summed E-state index contributed by atoms with van der Waals surface area (Å²) < 4.78 is 0. The SMILES string of the molecule is C=N/C=C\C/C(=N\CC(C)/C=C\c1cc(CC(=C)NCCC2(CCC)CCNCC2)[nH]c1C)NC1=CC=C(/C(C)=C/NN)C(C)C1. The number of aromatic nitrogens is 1. The Morgan fingerprint density at radius 1 is 1.24 bits per heavy atom. The number of aryl methyl sites for hydroxylation is 1. The van der Waals surface area contributed by atoms with Crippen LogP contribution in [0.4, 0.5) is 0 Å². The number of nitrogens with two attached hydrogens (primary N) is 1. The van der Waals surface area contributed by atoms with Crippen molar-refractivity contribution in [3.05, 3.63) is 88.8 Å². The van der Waals surface area contributed by atoms with E-state index in [4.69, 9.17) is 10.8 Å². The maximum Gasteiger partial charge on any atom is 0.104 e. The van der Waals surface area contributed by atoms with E-state index < -0.39 is 0 Å². The molecule has 1 aromatic heterocycles. The van der Waals surface area contributed by atoms with Crippen LogP contribution in [0.15, 0.2) is 81.9 Å². The van der Waals surface area contributed by atoms with Crippen LogP contribution >= 0.6 is 0 Å². The molecule has 7 N–H and O–H groups in total. The summed E-state index contributed by atoms with van der Waals surface area (Å²) in [6.07, 6.45) is 23.1. The molecule has 8 heteroatoms. The van der Waals surface area contributed by atoms with Gasteiger partial charge in [-0.05, 0) is 112 Å². The molecule has 252 valence electrons. The molecule has 1 aliphatic carbocycles. The van der Waals surface area contributed by atoms with Crippen molar-refractivity contribution >= 4 is 18.6 Å². The molecule has 0 bridgehead atoms. The zero-order valence-electron chi connectivity index (χ0n) is 29.1. The number of nitrogens with one attached hydrogen (secondary N) is 5. The van der Waals surface area contributed by atoms with Gasteiger partial charge in [0.25, 0.3) is 0 Å². The molecular weight excluding hydrogens is 568 g/mol. The third kappa shape index (κ3) is 12.0. The molecular formula is C38H60N8. The first-order chi connectivity index (χ1) is 22.2. The van der Waals surface area contributed by atoms with Crippen LogP contribution in [0.1, 0.15) is 89.6 Å². The molecule has 0 saturated carbocycles. The zero-order valence-corrected chi connectivity index (χ0v) is 29.1. The predicted octanol–water partition coefficient (Wildman–Crippen LogP) is 6.99. The van der Waals surface area contributed by atoms with Crippen LogP contribution in [0, 0.1) is 24.2 Å². The Hall–Kier alpha value is -3.62. The minimum Gasteiger partial charge on any atom is -0.388 e. The van der Waals surface area contributed by atoms with Gasteiger partial charge >= 0.3 is 0 Å². The predicted molar refractivity (Wildman–Crippen MR) is 198 cm³/mol. The zero-order chi connectivity index (χ0) is 33.4. The third-order valence-corrected chi connectivity index (χ3v) is 9.27. The normalized spacial score (nSPS) is 19.6. The number of piperidine rings is 1. The Morgan fingerprint density at radius 2 is 2.02 bits per heavy atom. The van der Waals surface area contributed by atoms with Gasteiger partial charge < -0.3 is 26.4 Å². The lowest BCUT2D eigenvalue weighted by Gasteiger charge is -2.38. The second-order valence-electron chi connectivity index (χ2n) is 13.3. The maximum absolute atomic E-state index is 5.49. The van der Waals surface area contributed by atoms with Crippen molar-refractivity contribution in [2.45, 2.75) is 86.0 Å². The maximum atomic E-state index is 5.49. The first kappa shape index (κ1) is 36.8. The van der Waals surface area contributed by atoms with Crippen molar-refractivity contribution in [3.63, 3.8) is 0 Å². The van der Waals surface area contributed by atoms with Gasteiger partial charge in [-0.2, -0.15) is 0 Å². The monoisotopic (exact) mass is 628 g/mol. The highest BCUT2D eigenvalue weighted by Gasteiger charge is 2.30. The number of amidine groups is 1. The second-order valence-corrected chi connectivity index (χ2v) is 13.3. The molecule has 0 spiro atoms. The van der Waals surface area contributed by atoms with Gasteiger partial charge in [-0.25, -0.2) is 0 Å². The van der Waals surface area contributed by atoms with Crippen LogP contribution < -0.4 is 27.2 Å². The smallest absolute Gasteiger partial charge is 0.104 e. The Kier molecular flexibility index (Phi) is 15.3. The topological polar surface area (TPSA) is 115 Å². The summed E-state index contributed by atoms with van der Waals surface area (Å²) in [5, 5.41) is 10.7. The van der Waals surface area contributed by atoms with E-state index in [0.29, 0.717) is 24.3 Å². The lowest BCUT2D eigenvalue weighted by Crippen LogP contribution is -2.38. The molecule has 8 nitrogen and oxygen atoms in total. The van der Waals surface area contributed by atoms with Crippen molar-refractivity contribution in [1.29, 1.82) is 0 Å². The van der Waals surface area contributed by atoms with Crippen LogP contribution in [0.2, 0.25) is 0 Å². The minimum atomic E-state index is 0.278. The highest BCUT2D eigenvalue weighted by molar-refractivity contribution is 5.85. The molecule has 2 atom stereocenters. The molecule has 1 aromatic rings. The quantitative estimate of drug-likeness (QED) is 0.0454. The van der Waals surface area contributed by atoms with Crippen molar-refractivity contribution < 1.29 is 0 Å². The Balaban J connectivity index is 1.55. The van der Waals surface area contributed by atoms with E-state index in [2.05, 4.69) is 110 Å². The van der Waals surface area contributed by atoms with Crippen molar-refractivity contribution in [2.75, 3.05) is 26.2 Å². The number of H-pyrrole nitrogens is 1. The molecule has 2 heterocycles. The van der Waals surface area contributed by atoms with E-state index in [1.807, 2.05) is 12.3 Å². The van der Waals surface area contributed by atoms with Crippen LogP contribution in [-0.2, 0) is 6.42 Å².